The quantitative estimate of drug-likeness (QED) is 0.889. The molecular weight excluding hydrogens is 270 g/mol. The number of aliphatic hydroxyl groups is 1. The number of benzene rings is 1. The molecule has 1 unspecified atom stereocenters. The van der Waals surface area contributed by atoms with Crippen LogP contribution in [-0.2, 0) is 9.53 Å². The Bertz CT molecular complexity index is 489. The van der Waals surface area contributed by atoms with Crippen molar-refractivity contribution in [2.45, 2.75) is 26.3 Å². The average Bonchev–Trinajstić information content (AvgIpc) is 2.49. The predicted octanol–water partition coefficient (Wildman–Crippen LogP) is 1.29. The van der Waals surface area contributed by atoms with Gasteiger partial charge in [0.05, 0.1) is 38.9 Å². The molecule has 0 spiro atoms. The third-order valence-corrected chi connectivity index (χ3v) is 3.66. The van der Waals surface area contributed by atoms with Gasteiger partial charge in [0.2, 0.25) is 5.91 Å². The van der Waals surface area contributed by atoms with E-state index < -0.39 is 0 Å². The fraction of sp³-hybridized carbons (Fsp3) is 0.562. The van der Waals surface area contributed by atoms with Crippen LogP contribution >= 0.6 is 0 Å². The number of nitrogens with zero attached hydrogens (tertiary/aromatic N) is 1. The molecule has 0 saturated carbocycles. The predicted molar refractivity (Wildman–Crippen MR) is 79.4 cm³/mol. The molecule has 1 atom stereocenters. The van der Waals surface area contributed by atoms with Gasteiger partial charge in [0.15, 0.2) is 0 Å². The van der Waals surface area contributed by atoms with Gasteiger partial charge in [-0.3, -0.25) is 4.79 Å². The Hall–Kier alpha value is -1.59. The summed E-state index contributed by atoms with van der Waals surface area (Å²) < 4.78 is 10.9. The van der Waals surface area contributed by atoms with Crippen LogP contribution in [0.4, 0.5) is 0 Å². The Morgan fingerprint density at radius 3 is 3.00 bits per heavy atom. The number of carbonyl (C=O) groups excluding carboxylic acids is 1. The number of ether oxygens (including phenoxy) is 2. The van der Waals surface area contributed by atoms with E-state index >= 15 is 0 Å². The molecule has 1 aliphatic rings. The van der Waals surface area contributed by atoms with Crippen LogP contribution in [0.1, 0.15) is 17.5 Å². The van der Waals surface area contributed by atoms with Crippen molar-refractivity contribution in [3.8, 4) is 5.75 Å². The lowest BCUT2D eigenvalue weighted by Crippen LogP contribution is -2.50. The molecule has 1 aromatic carbocycles. The molecule has 0 bridgehead atoms. The van der Waals surface area contributed by atoms with Gasteiger partial charge in [-0.2, -0.15) is 0 Å². The van der Waals surface area contributed by atoms with Gasteiger partial charge < -0.3 is 19.5 Å². The highest BCUT2D eigenvalue weighted by Gasteiger charge is 2.26. The number of rotatable bonds is 5. The molecular formula is C16H23NO4. The van der Waals surface area contributed by atoms with Gasteiger partial charge in [-0.25, -0.2) is 0 Å². The first-order valence-electron chi connectivity index (χ1n) is 7.30. The van der Waals surface area contributed by atoms with E-state index in [0.29, 0.717) is 32.8 Å². The summed E-state index contributed by atoms with van der Waals surface area (Å²) in [6.45, 7) is 5.78. The largest absolute Gasteiger partial charge is 0.493 e. The highest BCUT2D eigenvalue weighted by molar-refractivity contribution is 5.76. The lowest BCUT2D eigenvalue weighted by Gasteiger charge is -2.34. The molecule has 116 valence electrons. The molecule has 1 saturated heterocycles. The van der Waals surface area contributed by atoms with Crippen LogP contribution in [-0.4, -0.2) is 54.9 Å². The van der Waals surface area contributed by atoms with Crippen molar-refractivity contribution < 1.29 is 19.4 Å². The maximum atomic E-state index is 12.2. The Kier molecular flexibility index (Phi) is 5.59. The lowest BCUT2D eigenvalue weighted by atomic mass is 10.1. The number of carbonyl (C=O) groups is 1. The number of aryl methyl sites for hydroxylation is 2. The summed E-state index contributed by atoms with van der Waals surface area (Å²) in [5, 5.41) is 9.27. The highest BCUT2D eigenvalue weighted by atomic mass is 16.5. The summed E-state index contributed by atoms with van der Waals surface area (Å²) in [5.74, 6) is 0.816. The van der Waals surface area contributed by atoms with E-state index in [1.807, 2.05) is 26.0 Å². The van der Waals surface area contributed by atoms with E-state index in [0.717, 1.165) is 11.3 Å². The first-order chi connectivity index (χ1) is 10.1. The Balaban J connectivity index is 1.83. The molecule has 1 fully saturated rings. The highest BCUT2D eigenvalue weighted by Crippen LogP contribution is 2.19. The van der Waals surface area contributed by atoms with E-state index in [1.54, 1.807) is 4.90 Å². The van der Waals surface area contributed by atoms with Gasteiger partial charge in [-0.1, -0.05) is 17.7 Å². The van der Waals surface area contributed by atoms with Crippen molar-refractivity contribution in [2.24, 2.45) is 0 Å². The second-order valence-electron chi connectivity index (χ2n) is 5.37. The molecule has 0 aromatic heterocycles. The summed E-state index contributed by atoms with van der Waals surface area (Å²) >= 11 is 0. The van der Waals surface area contributed by atoms with Crippen molar-refractivity contribution in [2.75, 3.05) is 33.0 Å². The van der Waals surface area contributed by atoms with Gasteiger partial charge in [-0.15, -0.1) is 0 Å². The maximum absolute atomic E-state index is 12.2. The van der Waals surface area contributed by atoms with E-state index in [9.17, 15) is 9.90 Å². The van der Waals surface area contributed by atoms with Crippen LogP contribution < -0.4 is 4.74 Å². The number of amides is 1. The van der Waals surface area contributed by atoms with E-state index in [1.165, 1.54) is 5.56 Å². The molecule has 0 aliphatic carbocycles. The molecule has 5 heteroatoms. The molecule has 1 N–H and O–H groups in total. The van der Waals surface area contributed by atoms with Crippen molar-refractivity contribution in [3.63, 3.8) is 0 Å². The average molecular weight is 293 g/mol. The minimum Gasteiger partial charge on any atom is -0.493 e. The van der Waals surface area contributed by atoms with Crippen LogP contribution in [0.3, 0.4) is 0 Å². The van der Waals surface area contributed by atoms with Gasteiger partial charge in [0, 0.05) is 6.54 Å². The fourth-order valence-electron chi connectivity index (χ4n) is 2.49. The van der Waals surface area contributed by atoms with E-state index in [4.69, 9.17) is 9.47 Å². The van der Waals surface area contributed by atoms with Gasteiger partial charge in [0.1, 0.15) is 5.75 Å². The minimum absolute atomic E-state index is 0.00196. The molecule has 5 nitrogen and oxygen atoms in total. The fourth-order valence-corrected chi connectivity index (χ4v) is 2.49. The van der Waals surface area contributed by atoms with Crippen molar-refractivity contribution in [1.29, 1.82) is 0 Å². The topological polar surface area (TPSA) is 59.0 Å². The summed E-state index contributed by atoms with van der Waals surface area (Å²) in [6.07, 6.45) is 0.309. The molecule has 2 rings (SSSR count). The molecule has 1 heterocycles. The van der Waals surface area contributed by atoms with Crippen LogP contribution in [0.25, 0.3) is 0 Å². The second-order valence-corrected chi connectivity index (χ2v) is 5.37. The number of aliphatic hydroxyl groups excluding tert-OH is 1. The summed E-state index contributed by atoms with van der Waals surface area (Å²) in [5.41, 5.74) is 2.26. The summed E-state index contributed by atoms with van der Waals surface area (Å²) in [4.78, 5) is 13.9. The molecule has 1 amide bonds. The number of hydrogen-bond donors (Lipinski definition) is 1. The first-order valence-corrected chi connectivity index (χ1v) is 7.30. The third kappa shape index (κ3) is 4.19. The van der Waals surface area contributed by atoms with Gasteiger partial charge in [-0.05, 0) is 25.5 Å². The Morgan fingerprint density at radius 1 is 1.48 bits per heavy atom. The zero-order valence-electron chi connectivity index (χ0n) is 12.7. The molecule has 1 aliphatic heterocycles. The van der Waals surface area contributed by atoms with Crippen LogP contribution in [0.5, 0.6) is 5.75 Å². The Morgan fingerprint density at radius 2 is 2.29 bits per heavy atom. The third-order valence-electron chi connectivity index (χ3n) is 3.66. The smallest absolute Gasteiger partial charge is 0.226 e. The van der Waals surface area contributed by atoms with Gasteiger partial charge >= 0.3 is 0 Å². The minimum atomic E-state index is -0.229. The normalized spacial score (nSPS) is 18.6. The summed E-state index contributed by atoms with van der Waals surface area (Å²) in [6, 6.07) is 5.75. The van der Waals surface area contributed by atoms with Crippen molar-refractivity contribution in [1.82, 2.24) is 4.90 Å². The lowest BCUT2D eigenvalue weighted by molar-refractivity contribution is -0.142. The van der Waals surface area contributed by atoms with E-state index in [-0.39, 0.29) is 18.6 Å². The van der Waals surface area contributed by atoms with Gasteiger partial charge in [0.25, 0.3) is 0 Å². The number of morpholine rings is 1. The molecule has 0 radical (unpaired) electrons. The molecule has 21 heavy (non-hydrogen) atoms. The standard InChI is InChI=1S/C16H23NO4/c1-12-3-4-15(13(2)9-12)21-7-5-16(19)17-6-8-20-11-14(17)10-18/h3-4,9,14,18H,5-8,10-11H2,1-2H3. The zero-order chi connectivity index (χ0) is 15.2. The Labute approximate surface area is 125 Å². The maximum Gasteiger partial charge on any atom is 0.226 e. The first kappa shape index (κ1) is 15.8. The van der Waals surface area contributed by atoms with Crippen LogP contribution in [0.15, 0.2) is 18.2 Å². The SMILES string of the molecule is Cc1ccc(OCCC(=O)N2CCOCC2CO)c(C)c1. The zero-order valence-corrected chi connectivity index (χ0v) is 12.7. The van der Waals surface area contributed by atoms with E-state index in [2.05, 4.69) is 6.07 Å². The van der Waals surface area contributed by atoms with Crippen LogP contribution in [0.2, 0.25) is 0 Å². The monoisotopic (exact) mass is 293 g/mol. The molecule has 1 aromatic rings. The van der Waals surface area contributed by atoms with Crippen molar-refractivity contribution in [3.05, 3.63) is 29.3 Å². The van der Waals surface area contributed by atoms with Crippen molar-refractivity contribution >= 4 is 5.91 Å². The van der Waals surface area contributed by atoms with Crippen LogP contribution in [0, 0.1) is 13.8 Å². The summed E-state index contributed by atoms with van der Waals surface area (Å²) in [7, 11) is 0. The number of hydrogen-bond acceptors (Lipinski definition) is 4. The second kappa shape index (κ2) is 7.43.